The third-order valence-corrected chi connectivity index (χ3v) is 8.00. The maximum Gasteiger partial charge on any atom is 0.00274 e. The van der Waals surface area contributed by atoms with Gasteiger partial charge in [0.05, 0.1) is 0 Å². The van der Waals surface area contributed by atoms with Gasteiger partial charge >= 0.3 is 0 Å². The Hall–Kier alpha value is 2.45. The van der Waals surface area contributed by atoms with Gasteiger partial charge in [0, 0.05) is 5.31 Å². The fraction of sp³-hybridized carbons (Fsp3) is 0. The van der Waals surface area contributed by atoms with Crippen molar-refractivity contribution in [2.45, 2.75) is 0 Å². The van der Waals surface area contributed by atoms with Crippen molar-refractivity contribution >= 4 is 62.9 Å². The van der Waals surface area contributed by atoms with Gasteiger partial charge in [-0.2, -0.15) is 0 Å². The van der Waals surface area contributed by atoms with Crippen LogP contribution in [0.4, 0.5) is 0 Å². The molecule has 70 valence electrons. The van der Waals surface area contributed by atoms with E-state index in [4.69, 9.17) is 5.50 Å². The zero-order valence-electron chi connectivity index (χ0n) is 6.46. The summed E-state index contributed by atoms with van der Waals surface area (Å²) in [6.45, 7) is 0. The first-order valence-corrected chi connectivity index (χ1v) is 9.18. The summed E-state index contributed by atoms with van der Waals surface area (Å²) in [7, 11) is 14.6. The second-order valence-electron chi connectivity index (χ2n) is 1.95. The number of hydrogen-bond acceptors (Lipinski definition) is 1. The maximum absolute atomic E-state index is 5.67. The molecule has 0 amide bonds. The van der Waals surface area contributed by atoms with Crippen molar-refractivity contribution in [3.05, 3.63) is 20.7 Å². The lowest BCUT2D eigenvalue weighted by molar-refractivity contribution is 1.84. The molecule has 0 aromatic heterocycles. The summed E-state index contributed by atoms with van der Waals surface area (Å²) in [6.07, 6.45) is 0. The van der Waals surface area contributed by atoms with E-state index in [1.807, 2.05) is 0 Å². The van der Waals surface area contributed by atoms with Crippen LogP contribution < -0.4 is 5.50 Å². The number of rotatable bonds is 3. The lowest BCUT2D eigenvalue weighted by Gasteiger charge is -2.10. The fourth-order valence-electron chi connectivity index (χ4n) is 0.517. The van der Waals surface area contributed by atoms with E-state index in [9.17, 15) is 0 Å². The van der Waals surface area contributed by atoms with E-state index in [0.29, 0.717) is 8.73 Å². The summed E-state index contributed by atoms with van der Waals surface area (Å²) in [5.41, 5.74) is 5.67. The van der Waals surface area contributed by atoms with Crippen LogP contribution in [0.1, 0.15) is 0 Å². The van der Waals surface area contributed by atoms with E-state index in [1.165, 1.54) is 15.7 Å². The molecule has 0 fully saturated rings. The molecule has 0 heterocycles. The molecule has 0 bridgehead atoms. The van der Waals surface area contributed by atoms with Crippen molar-refractivity contribution in [2.24, 2.45) is 5.50 Å². The monoisotopic (exact) mass is 293 g/mol. The topological polar surface area (TPSA) is 26.0 Å². The van der Waals surface area contributed by atoms with Gasteiger partial charge in [0.25, 0.3) is 0 Å². The second-order valence-corrected chi connectivity index (χ2v) is 8.07. The van der Waals surface area contributed by atoms with Crippen molar-refractivity contribution in [1.82, 2.24) is 0 Å². The van der Waals surface area contributed by atoms with Crippen LogP contribution in [-0.4, -0.2) is 0 Å². The molecule has 0 aromatic rings. The Morgan fingerprint density at radius 2 is 1.58 bits per heavy atom. The minimum Gasteiger partial charge on any atom is -0.308 e. The Morgan fingerprint density at radius 1 is 1.08 bits per heavy atom. The van der Waals surface area contributed by atoms with Crippen LogP contribution in [0.15, 0.2) is 20.7 Å². The highest BCUT2D eigenvalue weighted by atomic mass is 32.0. The molecule has 0 saturated carbocycles. The van der Waals surface area contributed by atoms with Gasteiger partial charge in [0.1, 0.15) is 0 Å². The zero-order chi connectivity index (χ0) is 9.72. The Balaban J connectivity index is 4.93. The zero-order valence-corrected chi connectivity index (χ0v) is 14.2. The molecule has 0 radical (unpaired) electrons. The number of nitrogens with two attached hydrogens (primary N) is 1. The van der Waals surface area contributed by atoms with Crippen LogP contribution in [0.3, 0.4) is 0 Å². The molecule has 0 spiro atoms. The molecule has 0 aliphatic heterocycles. The van der Waals surface area contributed by atoms with Crippen LogP contribution >= 0.6 is 62.9 Å². The molecule has 8 heteroatoms. The molecule has 12 heavy (non-hydrogen) atoms. The summed E-state index contributed by atoms with van der Waals surface area (Å²) in [4.78, 5) is 0. The lowest BCUT2D eigenvalue weighted by atomic mass is 10.6. The smallest absolute Gasteiger partial charge is 0.00274 e. The van der Waals surface area contributed by atoms with Crippen molar-refractivity contribution in [1.29, 1.82) is 0 Å². The van der Waals surface area contributed by atoms with E-state index in [2.05, 4.69) is 45.9 Å². The molecule has 0 aromatic carbocycles. The second kappa shape index (κ2) is 7.70. The molecule has 2 N–H and O–H groups in total. The highest BCUT2D eigenvalue weighted by molar-refractivity contribution is 8.07. The minimum absolute atomic E-state index is 0.356. The Bertz CT molecular complexity index is 215. The van der Waals surface area contributed by atoms with E-state index in [0.717, 1.165) is 13.3 Å². The van der Waals surface area contributed by atoms with Crippen LogP contribution in [0.25, 0.3) is 0 Å². The summed E-state index contributed by atoms with van der Waals surface area (Å²) in [5.74, 6) is 0. The quantitative estimate of drug-likeness (QED) is 0.628. The summed E-state index contributed by atoms with van der Waals surface area (Å²) < 4.78 is 0. The Labute approximate surface area is 89.2 Å². The van der Waals surface area contributed by atoms with E-state index in [1.54, 1.807) is 0 Å². The normalized spacial score (nSPS) is 14.5. The molecule has 0 aliphatic carbocycles. The minimum atomic E-state index is 0.356. The average molecular weight is 293 g/mol. The fourth-order valence-corrected chi connectivity index (χ4v) is 4.25. The number of allylic oxidation sites excluding steroid dienone is 2. The molecule has 7 atom stereocenters. The van der Waals surface area contributed by atoms with Gasteiger partial charge in [-0.15, -0.1) is 45.9 Å². The van der Waals surface area contributed by atoms with Crippen LogP contribution in [0.5, 0.6) is 0 Å². The number of hydrogen-bond donors (Lipinski definition) is 1. The van der Waals surface area contributed by atoms with Crippen molar-refractivity contribution in [2.75, 3.05) is 0 Å². The molecular formula is C4H14NP7. The average Bonchev–Trinajstić information content (AvgIpc) is 2.05. The van der Waals surface area contributed by atoms with Gasteiger partial charge in [0.15, 0.2) is 0 Å². The summed E-state index contributed by atoms with van der Waals surface area (Å²) in [6, 6.07) is 0. The summed E-state index contributed by atoms with van der Waals surface area (Å²) >= 11 is 0. The van der Waals surface area contributed by atoms with Crippen molar-refractivity contribution in [3.63, 3.8) is 0 Å². The molecule has 7 unspecified atom stereocenters. The highest BCUT2D eigenvalue weighted by Crippen LogP contribution is 2.48. The van der Waals surface area contributed by atoms with E-state index >= 15 is 0 Å². The molecular weight excluding hydrogens is 279 g/mol. The maximum atomic E-state index is 5.67. The van der Waals surface area contributed by atoms with Crippen LogP contribution in [-0.2, 0) is 0 Å². The lowest BCUT2D eigenvalue weighted by Crippen LogP contribution is -1.82. The first-order valence-electron chi connectivity index (χ1n) is 2.98. The summed E-state index contributed by atoms with van der Waals surface area (Å²) in [5, 5.41) is 4.86. The first kappa shape index (κ1) is 14.5. The highest BCUT2D eigenvalue weighted by Gasteiger charge is 2.03. The van der Waals surface area contributed by atoms with Crippen molar-refractivity contribution < 1.29 is 0 Å². The predicted octanol–water partition coefficient (Wildman–Crippen LogP) is 2.85. The predicted molar refractivity (Wildman–Crippen MR) is 83.4 cm³/mol. The molecule has 0 saturated heterocycles. The van der Waals surface area contributed by atoms with E-state index in [-0.39, 0.29) is 0 Å². The van der Waals surface area contributed by atoms with Gasteiger partial charge in [-0.1, -0.05) is 8.27 Å². The van der Waals surface area contributed by atoms with Gasteiger partial charge in [-0.3, -0.25) is 0 Å². The third kappa shape index (κ3) is 4.79. The molecule has 0 aliphatic rings. The van der Waals surface area contributed by atoms with Crippen molar-refractivity contribution in [3.8, 4) is 0 Å². The SMILES string of the molecule is NP/C(C(P)=C(P)P)=C(\P)PP. The van der Waals surface area contributed by atoms with Gasteiger partial charge in [-0.25, -0.2) is 0 Å². The third-order valence-electron chi connectivity index (χ3n) is 1.15. The van der Waals surface area contributed by atoms with E-state index < -0.39 is 0 Å². The van der Waals surface area contributed by atoms with Crippen LogP contribution in [0.2, 0.25) is 0 Å². The van der Waals surface area contributed by atoms with Gasteiger partial charge in [0.2, 0.25) is 0 Å². The van der Waals surface area contributed by atoms with Gasteiger partial charge in [-0.05, 0) is 24.2 Å². The molecule has 0 rings (SSSR count). The van der Waals surface area contributed by atoms with Crippen LogP contribution in [0, 0.1) is 0 Å². The first-order chi connectivity index (χ1) is 5.54. The Kier molecular flexibility index (Phi) is 9.28. The largest absolute Gasteiger partial charge is 0.308 e. The van der Waals surface area contributed by atoms with Gasteiger partial charge < -0.3 is 5.50 Å². The standard InChI is InChI=1S/C4H14NP7/c5-11-2(4(9)12-10)1(6)3(7)8/h11-12H,5-10H2/b4-2+. The Morgan fingerprint density at radius 3 is 1.83 bits per heavy atom. The molecule has 1 nitrogen and oxygen atoms in total.